The Hall–Kier alpha value is 0.210. The van der Waals surface area contributed by atoms with E-state index in [2.05, 4.69) is 5.32 Å². The molecule has 0 aromatic rings. The normalized spacial score (nSPS) is 45.7. The van der Waals surface area contributed by atoms with E-state index in [9.17, 15) is 0 Å². The van der Waals surface area contributed by atoms with Crippen molar-refractivity contribution < 1.29 is 5.11 Å². The van der Waals surface area contributed by atoms with Gasteiger partial charge in [-0.15, -0.1) is 12.4 Å². The van der Waals surface area contributed by atoms with Crippen LogP contribution in [-0.2, 0) is 0 Å². The second-order valence-corrected chi connectivity index (χ2v) is 2.83. The van der Waals surface area contributed by atoms with E-state index < -0.39 is 0 Å². The topological polar surface area (TPSA) is 32.3 Å². The highest BCUT2D eigenvalue weighted by atomic mass is 35.5. The van der Waals surface area contributed by atoms with Crippen molar-refractivity contribution in [3.8, 4) is 0 Å². The Morgan fingerprint density at radius 1 is 1.33 bits per heavy atom. The molecular weight excluding hydrogens is 138 g/mol. The van der Waals surface area contributed by atoms with Crippen LogP contribution in [0.5, 0.6) is 0 Å². The van der Waals surface area contributed by atoms with Crippen LogP contribution in [0.15, 0.2) is 0 Å². The fraction of sp³-hybridized carbons (Fsp3) is 1.00. The van der Waals surface area contributed by atoms with Crippen LogP contribution in [0, 0.1) is 17.8 Å². The molecular formula is C6H12ClNO. The van der Waals surface area contributed by atoms with Gasteiger partial charge in [-0.25, -0.2) is 0 Å². The molecule has 1 aliphatic carbocycles. The van der Waals surface area contributed by atoms with E-state index in [1.54, 1.807) is 0 Å². The summed E-state index contributed by atoms with van der Waals surface area (Å²) in [5.74, 6) is 2.33. The lowest BCUT2D eigenvalue weighted by atomic mass is 10.3. The number of aliphatic hydroxyl groups is 1. The van der Waals surface area contributed by atoms with Gasteiger partial charge in [0.25, 0.3) is 0 Å². The quantitative estimate of drug-likeness (QED) is 0.544. The van der Waals surface area contributed by atoms with Gasteiger partial charge in [0.05, 0.1) is 0 Å². The molecule has 2 nitrogen and oxygen atoms in total. The van der Waals surface area contributed by atoms with Crippen molar-refractivity contribution in [3.05, 3.63) is 0 Å². The van der Waals surface area contributed by atoms with Crippen LogP contribution in [0.25, 0.3) is 0 Å². The average Bonchev–Trinajstić information content (AvgIpc) is 2.22. The third-order valence-electron chi connectivity index (χ3n) is 2.48. The number of hydrogen-bond acceptors (Lipinski definition) is 2. The highest BCUT2D eigenvalue weighted by molar-refractivity contribution is 5.85. The standard InChI is InChI=1S/C6H11NO.ClH/c8-3-6-4-1-7-2-5(4)6;/h4-8H,1-3H2;1H/t4-,5+,6-;. The van der Waals surface area contributed by atoms with Crippen molar-refractivity contribution in [1.82, 2.24) is 5.32 Å². The molecule has 1 saturated carbocycles. The van der Waals surface area contributed by atoms with Crippen LogP contribution in [0.4, 0.5) is 0 Å². The second-order valence-electron chi connectivity index (χ2n) is 2.83. The lowest BCUT2D eigenvalue weighted by Crippen LogP contribution is -2.15. The van der Waals surface area contributed by atoms with Crippen molar-refractivity contribution >= 4 is 12.4 Å². The Morgan fingerprint density at radius 2 is 1.89 bits per heavy atom. The highest BCUT2D eigenvalue weighted by Gasteiger charge is 2.51. The summed E-state index contributed by atoms with van der Waals surface area (Å²) in [5.41, 5.74) is 0. The van der Waals surface area contributed by atoms with Crippen molar-refractivity contribution in [3.63, 3.8) is 0 Å². The molecule has 1 aliphatic heterocycles. The third-order valence-corrected chi connectivity index (χ3v) is 2.48. The van der Waals surface area contributed by atoms with Gasteiger partial charge in [0.15, 0.2) is 0 Å². The minimum atomic E-state index is 0. The van der Waals surface area contributed by atoms with E-state index >= 15 is 0 Å². The largest absolute Gasteiger partial charge is 0.396 e. The van der Waals surface area contributed by atoms with Gasteiger partial charge >= 0.3 is 0 Å². The summed E-state index contributed by atoms with van der Waals surface area (Å²) in [5, 5.41) is 12.0. The Kier molecular flexibility index (Phi) is 1.99. The predicted octanol–water partition coefficient (Wildman–Crippen LogP) is -0.134. The Bertz CT molecular complexity index is 92.5. The molecule has 0 radical (unpaired) electrons. The van der Waals surface area contributed by atoms with Crippen LogP contribution in [0.2, 0.25) is 0 Å². The third kappa shape index (κ3) is 0.955. The summed E-state index contributed by atoms with van der Waals surface area (Å²) in [6.07, 6.45) is 0. The maximum Gasteiger partial charge on any atom is 0.0465 e. The maximum atomic E-state index is 8.68. The average molecular weight is 150 g/mol. The van der Waals surface area contributed by atoms with Gasteiger partial charge in [-0.1, -0.05) is 0 Å². The predicted molar refractivity (Wildman–Crippen MR) is 37.7 cm³/mol. The van der Waals surface area contributed by atoms with E-state index in [0.29, 0.717) is 12.5 Å². The zero-order chi connectivity index (χ0) is 5.56. The summed E-state index contributed by atoms with van der Waals surface area (Å²) in [4.78, 5) is 0. The van der Waals surface area contributed by atoms with Gasteiger partial charge in [-0.05, 0) is 30.8 Å². The molecule has 1 saturated heterocycles. The lowest BCUT2D eigenvalue weighted by molar-refractivity contribution is 0.258. The molecule has 0 aromatic carbocycles. The number of aliphatic hydroxyl groups excluding tert-OH is 1. The molecule has 0 aromatic heterocycles. The summed E-state index contributed by atoms with van der Waals surface area (Å²) >= 11 is 0. The van der Waals surface area contributed by atoms with Crippen LogP contribution in [0.1, 0.15) is 0 Å². The number of halogens is 1. The molecule has 0 unspecified atom stereocenters. The van der Waals surface area contributed by atoms with Gasteiger partial charge in [0, 0.05) is 6.61 Å². The fourth-order valence-electron chi connectivity index (χ4n) is 1.82. The number of hydrogen-bond donors (Lipinski definition) is 2. The summed E-state index contributed by atoms with van der Waals surface area (Å²) in [6, 6.07) is 0. The fourth-order valence-corrected chi connectivity index (χ4v) is 1.82. The van der Waals surface area contributed by atoms with E-state index in [1.807, 2.05) is 0 Å². The summed E-state index contributed by atoms with van der Waals surface area (Å²) in [6.45, 7) is 2.71. The smallest absolute Gasteiger partial charge is 0.0465 e. The van der Waals surface area contributed by atoms with Crippen molar-refractivity contribution in [2.24, 2.45) is 17.8 Å². The zero-order valence-corrected chi connectivity index (χ0v) is 6.03. The molecule has 9 heavy (non-hydrogen) atoms. The monoisotopic (exact) mass is 149 g/mol. The molecule has 2 rings (SSSR count). The molecule has 3 atom stereocenters. The second kappa shape index (κ2) is 2.45. The number of nitrogens with one attached hydrogen (secondary N) is 1. The first-order valence-corrected chi connectivity index (χ1v) is 3.25. The number of piperidine rings is 1. The van der Waals surface area contributed by atoms with E-state index in [1.165, 1.54) is 0 Å². The van der Waals surface area contributed by atoms with E-state index in [0.717, 1.165) is 24.9 Å². The summed E-state index contributed by atoms with van der Waals surface area (Å²) < 4.78 is 0. The molecule has 0 amide bonds. The van der Waals surface area contributed by atoms with Crippen LogP contribution in [0.3, 0.4) is 0 Å². The molecule has 0 spiro atoms. The molecule has 3 heteroatoms. The number of fused-ring (bicyclic) bond motifs is 1. The summed E-state index contributed by atoms with van der Waals surface area (Å²) in [7, 11) is 0. The molecule has 1 heterocycles. The minimum Gasteiger partial charge on any atom is -0.396 e. The van der Waals surface area contributed by atoms with Crippen LogP contribution in [-0.4, -0.2) is 24.8 Å². The van der Waals surface area contributed by atoms with Gasteiger partial charge in [0.2, 0.25) is 0 Å². The molecule has 2 fully saturated rings. The molecule has 2 N–H and O–H groups in total. The van der Waals surface area contributed by atoms with Crippen molar-refractivity contribution in [2.75, 3.05) is 19.7 Å². The first-order chi connectivity index (χ1) is 3.93. The van der Waals surface area contributed by atoms with Crippen LogP contribution >= 0.6 is 12.4 Å². The Balaban J connectivity index is 0.000000405. The lowest BCUT2D eigenvalue weighted by Gasteiger charge is -1.97. The van der Waals surface area contributed by atoms with E-state index in [4.69, 9.17) is 5.11 Å². The highest BCUT2D eigenvalue weighted by Crippen LogP contribution is 2.47. The van der Waals surface area contributed by atoms with Gasteiger partial charge in [0.1, 0.15) is 0 Å². The van der Waals surface area contributed by atoms with Crippen LogP contribution < -0.4 is 5.32 Å². The Morgan fingerprint density at radius 3 is 2.22 bits per heavy atom. The van der Waals surface area contributed by atoms with Gasteiger partial charge in [-0.2, -0.15) is 0 Å². The van der Waals surface area contributed by atoms with Crippen molar-refractivity contribution in [2.45, 2.75) is 0 Å². The SMILES string of the molecule is Cl.OC[C@H]1[C@H]2CNC[C@@H]12. The first kappa shape index (κ1) is 7.32. The van der Waals surface area contributed by atoms with Crippen molar-refractivity contribution in [1.29, 1.82) is 0 Å². The number of rotatable bonds is 1. The van der Waals surface area contributed by atoms with E-state index in [-0.39, 0.29) is 12.4 Å². The van der Waals surface area contributed by atoms with Gasteiger partial charge < -0.3 is 10.4 Å². The molecule has 54 valence electrons. The molecule has 0 bridgehead atoms. The van der Waals surface area contributed by atoms with Gasteiger partial charge in [-0.3, -0.25) is 0 Å². The first-order valence-electron chi connectivity index (χ1n) is 3.25. The minimum absolute atomic E-state index is 0. The molecule has 2 aliphatic rings. The maximum absolute atomic E-state index is 8.68. The zero-order valence-electron chi connectivity index (χ0n) is 5.21. The Labute approximate surface area is 61.0 Å².